The summed E-state index contributed by atoms with van der Waals surface area (Å²) < 4.78 is 3.90. The number of hydrogen-bond acceptors (Lipinski definition) is 7. The van der Waals surface area contributed by atoms with E-state index in [-0.39, 0.29) is 31.1 Å². The molecule has 11 heteroatoms. The van der Waals surface area contributed by atoms with Crippen LogP contribution < -0.4 is 25.4 Å². The second-order valence-electron chi connectivity index (χ2n) is 11.4. The summed E-state index contributed by atoms with van der Waals surface area (Å²) in [5.74, 6) is 1.56. The van der Waals surface area contributed by atoms with Crippen LogP contribution in [-0.4, -0.2) is 85.7 Å². The third kappa shape index (κ3) is 12.4. The van der Waals surface area contributed by atoms with Gasteiger partial charge < -0.3 is 26.0 Å². The molecule has 2 amide bonds. The molecule has 3 aromatic rings. The molecular formula is C37H46N6O3S2+2. The highest BCUT2D eigenvalue weighted by molar-refractivity contribution is 8.76. The zero-order valence-corrected chi connectivity index (χ0v) is 29.5. The van der Waals surface area contributed by atoms with Crippen LogP contribution in [0.3, 0.4) is 0 Å². The molecule has 1 aromatic heterocycles. The van der Waals surface area contributed by atoms with Crippen molar-refractivity contribution in [1.82, 2.24) is 10.6 Å². The summed E-state index contributed by atoms with van der Waals surface area (Å²) in [6, 6.07) is 20.3. The fourth-order valence-electron chi connectivity index (χ4n) is 4.81. The van der Waals surface area contributed by atoms with Crippen molar-refractivity contribution in [3.63, 3.8) is 0 Å². The largest absolute Gasteiger partial charge is 0.378 e. The highest BCUT2D eigenvalue weighted by Crippen LogP contribution is 2.20. The minimum atomic E-state index is -0.0948. The van der Waals surface area contributed by atoms with Gasteiger partial charge in [-0.15, -0.1) is 0 Å². The summed E-state index contributed by atoms with van der Waals surface area (Å²) in [7, 11) is 7.43. The van der Waals surface area contributed by atoms with Crippen molar-refractivity contribution in [2.24, 2.45) is 0 Å². The van der Waals surface area contributed by atoms with Crippen molar-refractivity contribution in [3.05, 3.63) is 107 Å². The lowest BCUT2D eigenvalue weighted by molar-refractivity contribution is -0.684. The van der Waals surface area contributed by atoms with Gasteiger partial charge >= 0.3 is 0 Å². The lowest BCUT2D eigenvalue weighted by atomic mass is 10.1. The second kappa shape index (κ2) is 19.5. The maximum absolute atomic E-state index is 12.5. The summed E-state index contributed by atoms with van der Waals surface area (Å²) in [5, 5.41) is 17.8. The molecular weight excluding hydrogens is 641 g/mol. The van der Waals surface area contributed by atoms with Gasteiger partial charge in [0.2, 0.25) is 13.1 Å². The Morgan fingerprint density at radius 3 is 1.92 bits per heavy atom. The van der Waals surface area contributed by atoms with Crippen LogP contribution in [0, 0.1) is 0 Å². The Hall–Kier alpha value is -4.32. The molecule has 1 aliphatic rings. The van der Waals surface area contributed by atoms with E-state index in [0.29, 0.717) is 19.6 Å². The number of benzene rings is 2. The Bertz CT molecular complexity index is 1600. The van der Waals surface area contributed by atoms with Crippen LogP contribution in [0.25, 0.3) is 18.2 Å². The van der Waals surface area contributed by atoms with Crippen LogP contribution in [-0.2, 0) is 16.1 Å². The third-order valence-electron chi connectivity index (χ3n) is 7.65. The average molecular weight is 687 g/mol. The molecule has 4 rings (SSSR count). The van der Waals surface area contributed by atoms with Crippen LogP contribution in [0.15, 0.2) is 90.8 Å². The number of nitrogens with zero attached hydrogens (tertiary/aromatic N) is 3. The van der Waals surface area contributed by atoms with Crippen LogP contribution in [0.2, 0.25) is 0 Å². The number of anilines is 2. The molecule has 2 heterocycles. The number of aliphatic hydroxyl groups is 1. The van der Waals surface area contributed by atoms with Crippen LogP contribution >= 0.6 is 21.6 Å². The first-order chi connectivity index (χ1) is 23.3. The van der Waals surface area contributed by atoms with E-state index in [1.807, 2.05) is 90.4 Å². The SMILES string of the molecule is CC1C(/C=C/c2ccc(NCO)cc2)=CC=[N+]1CC(=O)NCCSSCCNC(=O)C[n+]1ccc(/C=C/c2ccc(N(C)C)cc2)cc1. The lowest BCUT2D eigenvalue weighted by Crippen LogP contribution is -2.42. The normalized spacial score (nSPS) is 14.2. The molecule has 9 nitrogen and oxygen atoms in total. The quantitative estimate of drug-likeness (QED) is 0.0686. The van der Waals surface area contributed by atoms with Crippen LogP contribution in [0.1, 0.15) is 23.6 Å². The fraction of sp³-hybridized carbons (Fsp3) is 0.297. The molecule has 1 unspecified atom stereocenters. The third-order valence-corrected chi connectivity index (χ3v) is 10.1. The van der Waals surface area contributed by atoms with E-state index in [1.165, 1.54) is 5.69 Å². The second-order valence-corrected chi connectivity index (χ2v) is 14.1. The number of allylic oxidation sites excluding steroid dienone is 1. The molecule has 1 aliphatic heterocycles. The molecule has 0 saturated heterocycles. The topological polar surface area (TPSA) is 101 Å². The van der Waals surface area contributed by atoms with Gasteiger partial charge in [-0.2, -0.15) is 4.57 Å². The Morgan fingerprint density at radius 2 is 1.33 bits per heavy atom. The zero-order chi connectivity index (χ0) is 34.1. The van der Waals surface area contributed by atoms with E-state index >= 15 is 0 Å². The predicted octanol–water partition coefficient (Wildman–Crippen LogP) is 4.31. The monoisotopic (exact) mass is 686 g/mol. The first-order valence-electron chi connectivity index (χ1n) is 16.0. The molecule has 0 bridgehead atoms. The first kappa shape index (κ1) is 36.5. The van der Waals surface area contributed by atoms with Crippen molar-refractivity contribution in [2.75, 3.05) is 62.2 Å². The Morgan fingerprint density at radius 1 is 0.792 bits per heavy atom. The summed E-state index contributed by atoms with van der Waals surface area (Å²) >= 11 is 0. The zero-order valence-electron chi connectivity index (χ0n) is 27.8. The molecule has 0 radical (unpaired) electrons. The molecule has 0 spiro atoms. The number of carbonyl (C=O) groups excluding carboxylic acids is 2. The molecule has 0 aliphatic carbocycles. The number of amides is 2. The van der Waals surface area contributed by atoms with Gasteiger partial charge in [0.05, 0.1) is 0 Å². The van der Waals surface area contributed by atoms with Crippen molar-refractivity contribution in [3.8, 4) is 0 Å². The Balaban J connectivity index is 1.02. The lowest BCUT2D eigenvalue weighted by Gasteiger charge is -2.11. The van der Waals surface area contributed by atoms with Crippen LogP contribution in [0.5, 0.6) is 0 Å². The number of carbonyl (C=O) groups is 2. The summed E-state index contributed by atoms with van der Waals surface area (Å²) in [5.41, 5.74) is 6.45. The molecule has 4 N–H and O–H groups in total. The predicted molar refractivity (Wildman–Crippen MR) is 202 cm³/mol. The number of hydrogen-bond donors (Lipinski definition) is 4. The summed E-state index contributed by atoms with van der Waals surface area (Å²) in [6.07, 6.45) is 16.1. The minimum absolute atomic E-state index is 0.00183. The molecule has 252 valence electrons. The molecule has 48 heavy (non-hydrogen) atoms. The van der Waals surface area contributed by atoms with E-state index in [0.717, 1.165) is 39.5 Å². The van der Waals surface area contributed by atoms with Gasteiger partial charge in [0, 0.05) is 80.8 Å². The number of pyridine rings is 1. The van der Waals surface area contributed by atoms with E-state index < -0.39 is 0 Å². The first-order valence-corrected chi connectivity index (χ1v) is 18.5. The van der Waals surface area contributed by atoms with Gasteiger partial charge in [0.15, 0.2) is 24.7 Å². The summed E-state index contributed by atoms with van der Waals surface area (Å²) in [6.45, 7) is 3.77. The smallest absolute Gasteiger partial charge is 0.286 e. The van der Waals surface area contributed by atoms with Gasteiger partial charge in [-0.1, -0.05) is 70.2 Å². The summed E-state index contributed by atoms with van der Waals surface area (Å²) in [4.78, 5) is 27.0. The van der Waals surface area contributed by atoms with E-state index in [1.54, 1.807) is 21.6 Å². The van der Waals surface area contributed by atoms with Crippen molar-refractivity contribution in [2.45, 2.75) is 19.5 Å². The van der Waals surface area contributed by atoms with Gasteiger partial charge in [-0.25, -0.2) is 4.58 Å². The van der Waals surface area contributed by atoms with Crippen molar-refractivity contribution in [1.29, 1.82) is 0 Å². The molecule has 1 atom stereocenters. The van der Waals surface area contributed by atoms with E-state index in [9.17, 15) is 9.59 Å². The number of aromatic nitrogens is 1. The number of nitrogens with one attached hydrogen (secondary N) is 3. The van der Waals surface area contributed by atoms with Gasteiger partial charge in [-0.05, 0) is 41.0 Å². The van der Waals surface area contributed by atoms with E-state index in [4.69, 9.17) is 5.11 Å². The molecule has 0 saturated carbocycles. The highest BCUT2D eigenvalue weighted by Gasteiger charge is 2.25. The van der Waals surface area contributed by atoms with Gasteiger partial charge in [-0.3, -0.25) is 9.59 Å². The van der Waals surface area contributed by atoms with Gasteiger partial charge in [0.25, 0.3) is 11.8 Å². The maximum Gasteiger partial charge on any atom is 0.286 e. The fourth-order valence-corrected chi connectivity index (χ4v) is 6.62. The Kier molecular flexibility index (Phi) is 14.8. The van der Waals surface area contributed by atoms with E-state index in [2.05, 4.69) is 70.3 Å². The standard InChI is InChI=1S/C37H44N6O3S2/c1-29-33(11-6-31-7-12-34(13-8-31)40-28-44)18-23-43(29)27-37(46)39-20-25-48-47-24-19-38-36(45)26-42-21-16-32(17-22-42)5-4-30-9-14-35(15-10-30)41(2)3/h4-18,21-23,29,44H,19-20,24-28H2,1-3H3,(H-,38,39,45,46)/p+2. The van der Waals surface area contributed by atoms with Crippen molar-refractivity contribution >= 4 is 69.2 Å². The van der Waals surface area contributed by atoms with Crippen LogP contribution in [0.4, 0.5) is 11.4 Å². The maximum atomic E-state index is 12.5. The number of aliphatic hydroxyl groups excluding tert-OH is 1. The number of rotatable bonds is 18. The highest BCUT2D eigenvalue weighted by atomic mass is 33.1. The average Bonchev–Trinajstić information content (AvgIpc) is 3.43. The minimum Gasteiger partial charge on any atom is -0.378 e. The van der Waals surface area contributed by atoms with Gasteiger partial charge in [0.1, 0.15) is 6.73 Å². The van der Waals surface area contributed by atoms with Crippen molar-refractivity contribution < 1.29 is 23.8 Å². The molecule has 2 aromatic carbocycles. The molecule has 0 fully saturated rings. The Labute approximate surface area is 291 Å².